The van der Waals surface area contributed by atoms with Gasteiger partial charge in [-0.1, -0.05) is 24.3 Å². The molecule has 36 heavy (non-hydrogen) atoms. The number of carbonyl (C=O) groups is 1. The minimum absolute atomic E-state index is 0.181. The molecule has 9 heteroatoms. The van der Waals surface area contributed by atoms with Crippen molar-refractivity contribution in [2.24, 2.45) is 0 Å². The van der Waals surface area contributed by atoms with Crippen molar-refractivity contribution in [1.29, 1.82) is 0 Å². The largest absolute Gasteiger partial charge is 0.390 e. The second-order valence-electron chi connectivity index (χ2n) is 9.65. The standard InChI is InChI=1S/C27H30N6O3/c34-24(16-31-9-7-19-3-1-2-4-20(19)13-31)12-28-27(35)25-17-32-14-21(5-6-26(32)30-25)22-11-29-33(15-22)23-8-10-36-18-23/h1-6,11,14-15,17,23-24,34H,7-10,12-13,16,18H2,(H,28,35). The average molecular weight is 487 g/mol. The number of rotatable bonds is 7. The van der Waals surface area contributed by atoms with E-state index in [1.165, 1.54) is 11.1 Å². The maximum absolute atomic E-state index is 12.7. The number of fused-ring (bicyclic) bond motifs is 2. The molecule has 2 aliphatic heterocycles. The van der Waals surface area contributed by atoms with E-state index in [2.05, 4.69) is 44.6 Å². The number of β-amino-alcohol motifs (C(OH)–C–C–N with tert-alkyl or cyclic N) is 1. The lowest BCUT2D eigenvalue weighted by atomic mass is 10.00. The minimum atomic E-state index is -0.648. The fourth-order valence-electron chi connectivity index (χ4n) is 5.06. The molecule has 0 saturated carbocycles. The average Bonchev–Trinajstić information content (AvgIpc) is 3.67. The summed E-state index contributed by atoms with van der Waals surface area (Å²) in [5.41, 5.74) is 5.70. The molecule has 1 amide bonds. The highest BCUT2D eigenvalue weighted by atomic mass is 16.5. The first kappa shape index (κ1) is 22.9. The monoisotopic (exact) mass is 486 g/mol. The lowest BCUT2D eigenvalue weighted by Gasteiger charge is -2.30. The molecule has 0 spiro atoms. The molecule has 0 bridgehead atoms. The van der Waals surface area contributed by atoms with Crippen molar-refractivity contribution in [2.75, 3.05) is 32.8 Å². The Morgan fingerprint density at radius 1 is 1.14 bits per heavy atom. The predicted molar refractivity (Wildman–Crippen MR) is 135 cm³/mol. The second kappa shape index (κ2) is 9.85. The zero-order valence-corrected chi connectivity index (χ0v) is 20.1. The van der Waals surface area contributed by atoms with Gasteiger partial charge in [-0.25, -0.2) is 4.98 Å². The number of ether oxygens (including phenoxy) is 1. The van der Waals surface area contributed by atoms with Gasteiger partial charge in [0.1, 0.15) is 11.3 Å². The molecule has 2 atom stereocenters. The summed E-state index contributed by atoms with van der Waals surface area (Å²) in [7, 11) is 0. The van der Waals surface area contributed by atoms with Crippen LogP contribution in [0.3, 0.4) is 0 Å². The molecule has 1 fully saturated rings. The van der Waals surface area contributed by atoms with E-state index in [1.807, 2.05) is 39.8 Å². The molecule has 186 valence electrons. The Kier molecular flexibility index (Phi) is 6.27. The van der Waals surface area contributed by atoms with Crippen LogP contribution >= 0.6 is 0 Å². The van der Waals surface area contributed by atoms with Crippen LogP contribution in [0.15, 0.2) is 61.2 Å². The minimum Gasteiger partial charge on any atom is -0.390 e. The van der Waals surface area contributed by atoms with Crippen LogP contribution in [0, 0.1) is 0 Å². The van der Waals surface area contributed by atoms with Gasteiger partial charge in [0, 0.05) is 62.5 Å². The van der Waals surface area contributed by atoms with Crippen LogP contribution in [0.4, 0.5) is 0 Å². The van der Waals surface area contributed by atoms with E-state index in [-0.39, 0.29) is 18.5 Å². The molecule has 0 radical (unpaired) electrons. The summed E-state index contributed by atoms with van der Waals surface area (Å²) in [5, 5.41) is 17.9. The predicted octanol–water partition coefficient (Wildman–Crippen LogP) is 2.31. The van der Waals surface area contributed by atoms with E-state index in [4.69, 9.17) is 4.74 Å². The number of imidazole rings is 1. The van der Waals surface area contributed by atoms with Crippen LogP contribution in [0.25, 0.3) is 16.8 Å². The van der Waals surface area contributed by atoms with Crippen molar-refractivity contribution in [1.82, 2.24) is 29.4 Å². The van der Waals surface area contributed by atoms with E-state index < -0.39 is 6.10 Å². The van der Waals surface area contributed by atoms with Gasteiger partial charge in [-0.15, -0.1) is 0 Å². The number of amides is 1. The van der Waals surface area contributed by atoms with Crippen molar-refractivity contribution in [3.05, 3.63) is 78.0 Å². The van der Waals surface area contributed by atoms with Gasteiger partial charge >= 0.3 is 0 Å². The molecule has 2 aliphatic rings. The zero-order valence-electron chi connectivity index (χ0n) is 20.1. The van der Waals surface area contributed by atoms with Crippen LogP contribution in [0.1, 0.15) is 34.1 Å². The first-order chi connectivity index (χ1) is 17.6. The summed E-state index contributed by atoms with van der Waals surface area (Å²) < 4.78 is 9.28. The van der Waals surface area contributed by atoms with Crippen molar-refractivity contribution >= 4 is 11.6 Å². The number of nitrogens with one attached hydrogen (secondary N) is 1. The fraction of sp³-hybridized carbons (Fsp3) is 0.370. The Labute approximate surface area is 209 Å². The van der Waals surface area contributed by atoms with Crippen molar-refractivity contribution in [3.8, 4) is 11.1 Å². The van der Waals surface area contributed by atoms with Crippen LogP contribution in [0.5, 0.6) is 0 Å². The molecule has 9 nitrogen and oxygen atoms in total. The highest BCUT2D eigenvalue weighted by molar-refractivity contribution is 5.92. The Balaban J connectivity index is 1.06. The Hall–Kier alpha value is -3.53. The third kappa shape index (κ3) is 4.77. The number of aromatic nitrogens is 4. The second-order valence-corrected chi connectivity index (χ2v) is 9.65. The SMILES string of the molecule is O=C(NCC(O)CN1CCc2ccccc2C1)c1cn2cc(-c3cnn(C4CCOC4)c3)ccc2n1. The molecule has 3 aromatic heterocycles. The van der Waals surface area contributed by atoms with Gasteiger partial charge in [0.05, 0.1) is 24.9 Å². The van der Waals surface area contributed by atoms with Gasteiger partial charge in [0.15, 0.2) is 0 Å². The van der Waals surface area contributed by atoms with E-state index in [0.717, 1.165) is 43.7 Å². The molecule has 6 rings (SSSR count). The summed E-state index contributed by atoms with van der Waals surface area (Å²) in [6.07, 6.45) is 8.87. The van der Waals surface area contributed by atoms with Gasteiger partial charge in [-0.05, 0) is 36.1 Å². The number of aliphatic hydroxyl groups excluding tert-OH is 1. The molecule has 0 aliphatic carbocycles. The molecule has 2 unspecified atom stereocenters. The highest BCUT2D eigenvalue weighted by Crippen LogP contribution is 2.24. The van der Waals surface area contributed by atoms with Gasteiger partial charge in [-0.2, -0.15) is 5.10 Å². The molecular formula is C27H30N6O3. The number of benzene rings is 1. The number of pyridine rings is 1. The van der Waals surface area contributed by atoms with E-state index >= 15 is 0 Å². The van der Waals surface area contributed by atoms with Gasteiger partial charge in [0.2, 0.25) is 0 Å². The Morgan fingerprint density at radius 3 is 2.89 bits per heavy atom. The molecule has 2 N–H and O–H groups in total. The summed E-state index contributed by atoms with van der Waals surface area (Å²) in [6, 6.07) is 12.6. The lowest BCUT2D eigenvalue weighted by molar-refractivity contribution is 0.0838. The zero-order chi connectivity index (χ0) is 24.5. The van der Waals surface area contributed by atoms with Crippen molar-refractivity contribution in [2.45, 2.75) is 31.5 Å². The molecular weight excluding hydrogens is 456 g/mol. The van der Waals surface area contributed by atoms with Gasteiger partial charge in [-0.3, -0.25) is 14.4 Å². The number of hydrogen-bond acceptors (Lipinski definition) is 6. The fourth-order valence-corrected chi connectivity index (χ4v) is 5.06. The number of aliphatic hydroxyl groups is 1. The topological polar surface area (TPSA) is 96.9 Å². The maximum Gasteiger partial charge on any atom is 0.271 e. The van der Waals surface area contributed by atoms with Crippen LogP contribution in [-0.2, 0) is 17.7 Å². The van der Waals surface area contributed by atoms with E-state index in [0.29, 0.717) is 24.5 Å². The summed E-state index contributed by atoms with van der Waals surface area (Å²) in [4.78, 5) is 19.4. The Bertz CT molecular complexity index is 1370. The summed E-state index contributed by atoms with van der Waals surface area (Å²) in [6.45, 7) is 3.90. The number of hydrogen-bond donors (Lipinski definition) is 2. The number of carbonyl (C=O) groups excluding carboxylic acids is 1. The van der Waals surface area contributed by atoms with Gasteiger partial charge < -0.3 is 19.6 Å². The number of nitrogens with zero attached hydrogens (tertiary/aromatic N) is 5. The van der Waals surface area contributed by atoms with Crippen LogP contribution < -0.4 is 5.32 Å². The third-order valence-electron chi connectivity index (χ3n) is 7.08. The summed E-state index contributed by atoms with van der Waals surface area (Å²) in [5.74, 6) is -0.294. The van der Waals surface area contributed by atoms with Crippen LogP contribution in [0.2, 0.25) is 0 Å². The molecule has 4 aromatic rings. The first-order valence-corrected chi connectivity index (χ1v) is 12.5. The first-order valence-electron chi connectivity index (χ1n) is 12.5. The van der Waals surface area contributed by atoms with Crippen molar-refractivity contribution < 1.29 is 14.6 Å². The summed E-state index contributed by atoms with van der Waals surface area (Å²) >= 11 is 0. The van der Waals surface area contributed by atoms with E-state index in [1.54, 1.807) is 6.20 Å². The van der Waals surface area contributed by atoms with Gasteiger partial charge in [0.25, 0.3) is 5.91 Å². The molecule has 1 saturated heterocycles. The van der Waals surface area contributed by atoms with Crippen molar-refractivity contribution in [3.63, 3.8) is 0 Å². The molecule has 5 heterocycles. The smallest absolute Gasteiger partial charge is 0.271 e. The lowest BCUT2D eigenvalue weighted by Crippen LogP contribution is -2.42. The normalized spacial score (nSPS) is 18.9. The Morgan fingerprint density at radius 2 is 2.03 bits per heavy atom. The van der Waals surface area contributed by atoms with Crippen LogP contribution in [-0.4, -0.2) is 74.0 Å². The van der Waals surface area contributed by atoms with E-state index in [9.17, 15) is 9.90 Å². The maximum atomic E-state index is 12.7. The third-order valence-corrected chi connectivity index (χ3v) is 7.08. The molecule has 1 aromatic carbocycles. The highest BCUT2D eigenvalue weighted by Gasteiger charge is 2.20. The quantitative estimate of drug-likeness (QED) is 0.416.